The summed E-state index contributed by atoms with van der Waals surface area (Å²) in [6.07, 6.45) is 0. The SMILES string of the molecule is Cc1cc(C)n(CC(C)C)c(=O)c1C(C)(C)O. The molecule has 0 aliphatic carbocycles. The van der Waals surface area contributed by atoms with Crippen LogP contribution < -0.4 is 5.56 Å². The van der Waals surface area contributed by atoms with Gasteiger partial charge in [0.1, 0.15) is 0 Å². The van der Waals surface area contributed by atoms with E-state index in [-0.39, 0.29) is 5.56 Å². The Kier molecular flexibility index (Phi) is 3.82. The van der Waals surface area contributed by atoms with Crippen molar-refractivity contribution < 1.29 is 5.11 Å². The molecule has 0 spiro atoms. The van der Waals surface area contributed by atoms with E-state index in [0.717, 1.165) is 11.3 Å². The van der Waals surface area contributed by atoms with Gasteiger partial charge in [0.05, 0.1) is 11.2 Å². The molecule has 0 unspecified atom stereocenters. The first-order valence-corrected chi connectivity index (χ1v) is 6.08. The molecule has 3 nitrogen and oxygen atoms in total. The number of rotatable bonds is 3. The number of aliphatic hydroxyl groups is 1. The fourth-order valence-electron chi connectivity index (χ4n) is 2.26. The first-order valence-electron chi connectivity index (χ1n) is 6.08. The lowest BCUT2D eigenvalue weighted by Gasteiger charge is -2.23. The van der Waals surface area contributed by atoms with Crippen molar-refractivity contribution in [2.45, 2.75) is 53.7 Å². The molecular formula is C14H23NO2. The Bertz CT molecular complexity index is 464. The highest BCUT2D eigenvalue weighted by Crippen LogP contribution is 2.20. The number of hydrogen-bond acceptors (Lipinski definition) is 2. The third-order valence-electron chi connectivity index (χ3n) is 2.86. The van der Waals surface area contributed by atoms with Gasteiger partial charge >= 0.3 is 0 Å². The summed E-state index contributed by atoms with van der Waals surface area (Å²) in [5.41, 5.74) is 1.16. The highest BCUT2D eigenvalue weighted by molar-refractivity contribution is 5.30. The second-order valence-electron chi connectivity index (χ2n) is 5.71. The average molecular weight is 237 g/mol. The highest BCUT2D eigenvalue weighted by atomic mass is 16.3. The molecule has 17 heavy (non-hydrogen) atoms. The van der Waals surface area contributed by atoms with Crippen molar-refractivity contribution in [2.75, 3.05) is 0 Å². The summed E-state index contributed by atoms with van der Waals surface area (Å²) >= 11 is 0. The predicted octanol–water partition coefficient (Wildman–Crippen LogP) is 2.35. The lowest BCUT2D eigenvalue weighted by molar-refractivity contribution is 0.0756. The van der Waals surface area contributed by atoms with Crippen molar-refractivity contribution in [3.63, 3.8) is 0 Å². The number of aromatic nitrogens is 1. The minimum absolute atomic E-state index is 0.0660. The molecule has 0 amide bonds. The van der Waals surface area contributed by atoms with Gasteiger partial charge in [0.2, 0.25) is 0 Å². The summed E-state index contributed by atoms with van der Waals surface area (Å²) in [4.78, 5) is 12.4. The first kappa shape index (κ1) is 14.0. The van der Waals surface area contributed by atoms with Crippen LogP contribution in [0.3, 0.4) is 0 Å². The molecule has 1 rings (SSSR count). The normalized spacial score (nSPS) is 12.2. The number of hydrogen-bond donors (Lipinski definition) is 1. The van der Waals surface area contributed by atoms with Crippen molar-refractivity contribution in [3.05, 3.63) is 33.2 Å². The second-order valence-corrected chi connectivity index (χ2v) is 5.71. The third-order valence-corrected chi connectivity index (χ3v) is 2.86. The molecule has 0 saturated carbocycles. The van der Waals surface area contributed by atoms with Crippen molar-refractivity contribution in [1.82, 2.24) is 4.57 Å². The molecule has 1 N–H and O–H groups in total. The van der Waals surface area contributed by atoms with E-state index in [1.165, 1.54) is 0 Å². The van der Waals surface area contributed by atoms with E-state index in [9.17, 15) is 9.90 Å². The quantitative estimate of drug-likeness (QED) is 0.876. The Balaban J connectivity index is 3.49. The Morgan fingerprint density at radius 3 is 2.29 bits per heavy atom. The zero-order chi connectivity index (χ0) is 13.4. The van der Waals surface area contributed by atoms with Gasteiger partial charge in [0.15, 0.2) is 0 Å². The molecule has 0 aliphatic rings. The molecule has 0 radical (unpaired) electrons. The summed E-state index contributed by atoms with van der Waals surface area (Å²) in [5.74, 6) is 0.406. The van der Waals surface area contributed by atoms with Crippen LogP contribution in [0, 0.1) is 19.8 Å². The summed E-state index contributed by atoms with van der Waals surface area (Å²) in [6, 6.07) is 1.97. The molecule has 0 fully saturated rings. The van der Waals surface area contributed by atoms with Gasteiger partial charge < -0.3 is 9.67 Å². The van der Waals surface area contributed by atoms with Crippen LogP contribution >= 0.6 is 0 Å². The maximum absolute atomic E-state index is 12.4. The molecule has 0 bridgehead atoms. The molecule has 3 heteroatoms. The summed E-state index contributed by atoms with van der Waals surface area (Å²) in [5, 5.41) is 10.1. The molecule has 0 atom stereocenters. The van der Waals surface area contributed by atoms with Gasteiger partial charge in [-0.3, -0.25) is 4.79 Å². The van der Waals surface area contributed by atoms with Gasteiger partial charge in [0.25, 0.3) is 5.56 Å². The monoisotopic (exact) mass is 237 g/mol. The fraction of sp³-hybridized carbons (Fsp3) is 0.643. The predicted molar refractivity (Wildman–Crippen MR) is 70.3 cm³/mol. The maximum atomic E-state index is 12.4. The van der Waals surface area contributed by atoms with Gasteiger partial charge in [0, 0.05) is 12.2 Å². The van der Waals surface area contributed by atoms with Gasteiger partial charge in [-0.1, -0.05) is 13.8 Å². The van der Waals surface area contributed by atoms with Gasteiger partial charge in [-0.2, -0.15) is 0 Å². The summed E-state index contributed by atoms with van der Waals surface area (Å²) < 4.78 is 1.75. The van der Waals surface area contributed by atoms with Crippen LogP contribution in [-0.4, -0.2) is 9.67 Å². The largest absolute Gasteiger partial charge is 0.386 e. The molecular weight excluding hydrogens is 214 g/mol. The molecule has 0 saturated heterocycles. The van der Waals surface area contributed by atoms with Crippen LogP contribution in [0.5, 0.6) is 0 Å². The van der Waals surface area contributed by atoms with Gasteiger partial charge in [-0.25, -0.2) is 0 Å². The van der Waals surface area contributed by atoms with Crippen molar-refractivity contribution in [1.29, 1.82) is 0 Å². The number of nitrogens with zero attached hydrogens (tertiary/aromatic N) is 1. The zero-order valence-corrected chi connectivity index (χ0v) is 11.7. The lowest BCUT2D eigenvalue weighted by Crippen LogP contribution is -2.35. The maximum Gasteiger partial charge on any atom is 0.257 e. The van der Waals surface area contributed by atoms with E-state index in [2.05, 4.69) is 13.8 Å². The van der Waals surface area contributed by atoms with Gasteiger partial charge in [-0.05, 0) is 45.2 Å². The van der Waals surface area contributed by atoms with Crippen LogP contribution in [0.2, 0.25) is 0 Å². The Hall–Kier alpha value is -1.09. The molecule has 1 heterocycles. The molecule has 1 aromatic rings. The highest BCUT2D eigenvalue weighted by Gasteiger charge is 2.24. The molecule has 0 aromatic carbocycles. The number of pyridine rings is 1. The van der Waals surface area contributed by atoms with Crippen molar-refractivity contribution >= 4 is 0 Å². The fourth-order valence-corrected chi connectivity index (χ4v) is 2.26. The Morgan fingerprint density at radius 2 is 1.88 bits per heavy atom. The first-order chi connectivity index (χ1) is 7.64. The van der Waals surface area contributed by atoms with Crippen molar-refractivity contribution in [3.8, 4) is 0 Å². The minimum atomic E-state index is -1.09. The van der Waals surface area contributed by atoms with E-state index in [1.807, 2.05) is 19.9 Å². The lowest BCUT2D eigenvalue weighted by atomic mass is 9.94. The van der Waals surface area contributed by atoms with E-state index in [0.29, 0.717) is 18.0 Å². The topological polar surface area (TPSA) is 42.2 Å². The van der Waals surface area contributed by atoms with Crippen LogP contribution in [0.4, 0.5) is 0 Å². The number of aryl methyl sites for hydroxylation is 2. The smallest absolute Gasteiger partial charge is 0.257 e. The van der Waals surface area contributed by atoms with Crippen molar-refractivity contribution in [2.24, 2.45) is 5.92 Å². The van der Waals surface area contributed by atoms with E-state index >= 15 is 0 Å². The zero-order valence-electron chi connectivity index (χ0n) is 11.7. The second kappa shape index (κ2) is 4.65. The standard InChI is InChI=1S/C14H23NO2/c1-9(2)8-15-11(4)7-10(3)12(13(15)16)14(5,6)17/h7,9,17H,8H2,1-6H3. The van der Waals surface area contributed by atoms with E-state index < -0.39 is 5.60 Å². The summed E-state index contributed by atoms with van der Waals surface area (Å²) in [6.45, 7) is 12.0. The molecule has 1 aromatic heterocycles. The van der Waals surface area contributed by atoms with Gasteiger partial charge in [-0.15, -0.1) is 0 Å². The molecule has 0 aliphatic heterocycles. The Morgan fingerprint density at radius 1 is 1.35 bits per heavy atom. The van der Waals surface area contributed by atoms with E-state index in [4.69, 9.17) is 0 Å². The van der Waals surface area contributed by atoms with Crippen LogP contribution in [0.25, 0.3) is 0 Å². The summed E-state index contributed by atoms with van der Waals surface area (Å²) in [7, 11) is 0. The minimum Gasteiger partial charge on any atom is -0.386 e. The Labute approximate surface area is 103 Å². The van der Waals surface area contributed by atoms with Crippen LogP contribution in [0.15, 0.2) is 10.9 Å². The van der Waals surface area contributed by atoms with E-state index in [1.54, 1.807) is 18.4 Å². The average Bonchev–Trinajstić information content (AvgIpc) is 2.08. The van der Waals surface area contributed by atoms with Crippen LogP contribution in [0.1, 0.15) is 44.5 Å². The third kappa shape index (κ3) is 2.97. The van der Waals surface area contributed by atoms with Crippen LogP contribution in [-0.2, 0) is 12.1 Å². The molecule has 96 valence electrons.